The van der Waals surface area contributed by atoms with Crippen LogP contribution in [0.15, 0.2) is 0 Å². The third-order valence-electron chi connectivity index (χ3n) is 8.57. The normalized spacial score (nSPS) is 55.6. The van der Waals surface area contributed by atoms with Gasteiger partial charge in [-0.3, -0.25) is 4.79 Å². The van der Waals surface area contributed by atoms with Crippen LogP contribution in [0.25, 0.3) is 0 Å². The Labute approximate surface area is 150 Å². The summed E-state index contributed by atoms with van der Waals surface area (Å²) >= 11 is 0. The van der Waals surface area contributed by atoms with E-state index in [9.17, 15) is 15.0 Å². The van der Waals surface area contributed by atoms with Crippen LogP contribution >= 0.6 is 0 Å². The molecule has 0 radical (unpaired) electrons. The summed E-state index contributed by atoms with van der Waals surface area (Å²) in [5.41, 5.74) is -1.33. The van der Waals surface area contributed by atoms with Crippen LogP contribution in [0.2, 0.25) is 0 Å². The fourth-order valence-corrected chi connectivity index (χ4v) is 6.94. The molecule has 2 N–H and O–H groups in total. The van der Waals surface area contributed by atoms with Gasteiger partial charge in [0.1, 0.15) is 12.2 Å². The smallest absolute Gasteiger partial charge is 0.308 e. The number of esters is 1. The molecule has 5 heteroatoms. The van der Waals surface area contributed by atoms with Crippen molar-refractivity contribution in [1.29, 1.82) is 0 Å². The van der Waals surface area contributed by atoms with Crippen molar-refractivity contribution in [3.63, 3.8) is 0 Å². The number of hydrogen-bond donors (Lipinski definition) is 2. The second-order valence-electron chi connectivity index (χ2n) is 9.68. The second-order valence-corrected chi connectivity index (χ2v) is 9.68. The van der Waals surface area contributed by atoms with Gasteiger partial charge in [0.05, 0.1) is 24.7 Å². The van der Waals surface area contributed by atoms with E-state index in [1.54, 1.807) is 0 Å². The molecule has 0 amide bonds. The molecule has 0 aromatic carbocycles. The van der Waals surface area contributed by atoms with E-state index in [0.29, 0.717) is 25.4 Å². The van der Waals surface area contributed by atoms with Crippen molar-refractivity contribution in [3.05, 3.63) is 0 Å². The van der Waals surface area contributed by atoms with Crippen LogP contribution in [0.1, 0.15) is 65.7 Å². The molecule has 2 saturated carbocycles. The summed E-state index contributed by atoms with van der Waals surface area (Å²) in [6.45, 7) is 7.01. The molecule has 0 unspecified atom stereocenters. The molecular weight excluding hydrogens is 320 g/mol. The fraction of sp³-hybridized carbons (Fsp3) is 0.950. The van der Waals surface area contributed by atoms with E-state index < -0.39 is 17.1 Å². The number of ether oxygens (including phenoxy) is 2. The lowest BCUT2D eigenvalue weighted by Gasteiger charge is -2.65. The van der Waals surface area contributed by atoms with Crippen molar-refractivity contribution in [2.75, 3.05) is 13.2 Å². The number of aliphatic hydroxyl groups is 2. The van der Waals surface area contributed by atoms with Crippen LogP contribution in [0.3, 0.4) is 0 Å². The van der Waals surface area contributed by atoms with Gasteiger partial charge in [-0.2, -0.15) is 0 Å². The minimum absolute atomic E-state index is 0.00558. The van der Waals surface area contributed by atoms with Gasteiger partial charge in [0, 0.05) is 10.8 Å². The molecule has 2 saturated heterocycles. The lowest BCUT2D eigenvalue weighted by Crippen LogP contribution is -2.66. The number of aliphatic hydroxyl groups excluding tert-OH is 2. The van der Waals surface area contributed by atoms with E-state index in [0.717, 1.165) is 32.1 Å². The summed E-state index contributed by atoms with van der Waals surface area (Å²) < 4.78 is 12.1. The molecule has 0 aromatic rings. The highest BCUT2D eigenvalue weighted by Crippen LogP contribution is 2.68. The van der Waals surface area contributed by atoms with E-state index in [2.05, 4.69) is 13.8 Å². The maximum absolute atomic E-state index is 11.7. The van der Waals surface area contributed by atoms with Crippen molar-refractivity contribution in [1.82, 2.24) is 0 Å². The molecule has 4 fully saturated rings. The summed E-state index contributed by atoms with van der Waals surface area (Å²) in [5.74, 6) is 0.474. The van der Waals surface area contributed by atoms with Crippen molar-refractivity contribution in [3.8, 4) is 0 Å². The molecular formula is C20H32O5. The molecule has 5 nitrogen and oxygen atoms in total. The number of fused-ring (bicyclic) bond motifs is 2. The van der Waals surface area contributed by atoms with Crippen molar-refractivity contribution < 1.29 is 24.5 Å². The van der Waals surface area contributed by atoms with Crippen LogP contribution in [-0.2, 0) is 14.3 Å². The Hall–Kier alpha value is -0.650. The van der Waals surface area contributed by atoms with E-state index in [4.69, 9.17) is 9.47 Å². The Morgan fingerprint density at radius 3 is 2.56 bits per heavy atom. The van der Waals surface area contributed by atoms with Gasteiger partial charge in [0.2, 0.25) is 0 Å². The lowest BCUT2D eigenvalue weighted by molar-refractivity contribution is -0.266. The molecule has 142 valence electrons. The second kappa shape index (κ2) is 5.43. The Kier molecular flexibility index (Phi) is 3.85. The maximum atomic E-state index is 11.7. The molecule has 2 aliphatic carbocycles. The maximum Gasteiger partial charge on any atom is 0.308 e. The average Bonchev–Trinajstić information content (AvgIpc) is 3.14. The van der Waals surface area contributed by atoms with Gasteiger partial charge < -0.3 is 19.7 Å². The molecule has 25 heavy (non-hydrogen) atoms. The third-order valence-corrected chi connectivity index (χ3v) is 8.57. The summed E-state index contributed by atoms with van der Waals surface area (Å²) in [7, 11) is 0. The van der Waals surface area contributed by atoms with Gasteiger partial charge in [0.25, 0.3) is 0 Å². The first-order valence-corrected chi connectivity index (χ1v) is 9.86. The number of carbonyl (C=O) groups is 1. The van der Waals surface area contributed by atoms with Crippen LogP contribution in [-0.4, -0.2) is 46.7 Å². The van der Waals surface area contributed by atoms with Gasteiger partial charge >= 0.3 is 5.97 Å². The highest BCUT2D eigenvalue weighted by molar-refractivity contribution is 5.73. The van der Waals surface area contributed by atoms with Gasteiger partial charge in [0.15, 0.2) is 0 Å². The Bertz CT molecular complexity index is 578. The SMILES string of the molecule is C[C@@H]1CC[C@H]2[C@](C)(CO)[C@@H](O)CC[C@]2(C)[C@]12CC[C@@]1(COC(=O)C1)O2. The minimum Gasteiger partial charge on any atom is -0.463 e. The summed E-state index contributed by atoms with van der Waals surface area (Å²) in [6, 6.07) is 0. The van der Waals surface area contributed by atoms with Gasteiger partial charge in [-0.1, -0.05) is 20.8 Å². The van der Waals surface area contributed by atoms with Crippen molar-refractivity contribution in [2.24, 2.45) is 22.7 Å². The first-order valence-electron chi connectivity index (χ1n) is 9.86. The van der Waals surface area contributed by atoms with E-state index in [1.165, 1.54) is 0 Å². The molecule has 0 aromatic heterocycles. The molecule has 2 heterocycles. The Balaban J connectivity index is 1.74. The first-order chi connectivity index (χ1) is 11.7. The quantitative estimate of drug-likeness (QED) is 0.709. The van der Waals surface area contributed by atoms with Crippen LogP contribution in [0.5, 0.6) is 0 Å². The topological polar surface area (TPSA) is 76.0 Å². The molecule has 4 rings (SSSR count). The molecule has 2 spiro atoms. The summed E-state index contributed by atoms with van der Waals surface area (Å²) in [4.78, 5) is 11.7. The van der Waals surface area contributed by atoms with Gasteiger partial charge in [-0.15, -0.1) is 0 Å². The van der Waals surface area contributed by atoms with Crippen LogP contribution in [0.4, 0.5) is 0 Å². The van der Waals surface area contributed by atoms with E-state index in [1.807, 2.05) is 6.92 Å². The average molecular weight is 352 g/mol. The Morgan fingerprint density at radius 2 is 1.92 bits per heavy atom. The van der Waals surface area contributed by atoms with Crippen molar-refractivity contribution >= 4 is 5.97 Å². The predicted molar refractivity (Wildman–Crippen MR) is 91.8 cm³/mol. The lowest BCUT2D eigenvalue weighted by atomic mass is 9.43. The number of rotatable bonds is 1. The molecule has 7 atom stereocenters. The molecule has 0 bridgehead atoms. The van der Waals surface area contributed by atoms with Crippen LogP contribution < -0.4 is 0 Å². The van der Waals surface area contributed by atoms with E-state index >= 15 is 0 Å². The largest absolute Gasteiger partial charge is 0.463 e. The van der Waals surface area contributed by atoms with Crippen molar-refractivity contribution in [2.45, 2.75) is 83.0 Å². The number of carbonyl (C=O) groups excluding carboxylic acids is 1. The zero-order valence-corrected chi connectivity index (χ0v) is 15.7. The first kappa shape index (κ1) is 17.7. The monoisotopic (exact) mass is 352 g/mol. The predicted octanol–water partition coefficient (Wildman–Crippen LogP) is 2.43. The fourth-order valence-electron chi connectivity index (χ4n) is 6.94. The standard InChI is InChI=1S/C20H32O5/c1-13-4-5-14-17(2,11-21)15(22)6-7-18(14,3)20(13)9-8-19(25-20)10-16(23)24-12-19/h13-15,21-22H,4-12H2,1-3H3/t13-,14+,15+,17+,18+,19-,20+/m1/s1. The van der Waals surface area contributed by atoms with Gasteiger partial charge in [-0.25, -0.2) is 0 Å². The molecule has 4 aliphatic rings. The highest BCUT2D eigenvalue weighted by Gasteiger charge is 2.69. The zero-order valence-electron chi connectivity index (χ0n) is 15.7. The van der Waals surface area contributed by atoms with E-state index in [-0.39, 0.29) is 29.5 Å². The summed E-state index contributed by atoms with van der Waals surface area (Å²) in [5, 5.41) is 20.8. The van der Waals surface area contributed by atoms with Crippen LogP contribution in [0, 0.1) is 22.7 Å². The number of cyclic esters (lactones) is 1. The highest BCUT2D eigenvalue weighted by atomic mass is 16.6. The zero-order chi connectivity index (χ0) is 18.1. The minimum atomic E-state index is -0.485. The Morgan fingerprint density at radius 1 is 1.16 bits per heavy atom. The number of hydrogen-bond acceptors (Lipinski definition) is 5. The molecule has 2 aliphatic heterocycles. The summed E-state index contributed by atoms with van der Waals surface area (Å²) in [6.07, 6.45) is 5.36. The third kappa shape index (κ3) is 2.15. The van der Waals surface area contributed by atoms with Gasteiger partial charge in [-0.05, 0) is 50.4 Å².